The first-order valence-corrected chi connectivity index (χ1v) is 6.60. The zero-order valence-corrected chi connectivity index (χ0v) is 10.4. The van der Waals surface area contributed by atoms with Gasteiger partial charge in [0.15, 0.2) is 0 Å². The second-order valence-electron chi connectivity index (χ2n) is 3.48. The third kappa shape index (κ3) is 4.23. The smallest absolute Gasteiger partial charge is 0.0447 e. The van der Waals surface area contributed by atoms with E-state index in [1.807, 2.05) is 13.8 Å². The molecule has 1 rings (SSSR count). The minimum Gasteiger partial charge on any atom is -0.299 e. The summed E-state index contributed by atoms with van der Waals surface area (Å²) in [4.78, 5) is 2.39. The molecule has 0 saturated carbocycles. The Morgan fingerprint density at radius 2 is 1.92 bits per heavy atom. The maximum absolute atomic E-state index is 11.2. The van der Waals surface area contributed by atoms with Gasteiger partial charge in [-0.3, -0.25) is 9.11 Å². The highest BCUT2D eigenvalue weighted by molar-refractivity contribution is 7.85. The van der Waals surface area contributed by atoms with E-state index in [-0.39, 0.29) is 0 Å². The van der Waals surface area contributed by atoms with Crippen LogP contribution in [0, 0.1) is 0 Å². The number of rotatable bonds is 1. The lowest BCUT2D eigenvalue weighted by molar-refractivity contribution is 0.229. The van der Waals surface area contributed by atoms with E-state index in [2.05, 4.69) is 25.7 Å². The second-order valence-corrected chi connectivity index (χ2v) is 5.46. The fourth-order valence-electron chi connectivity index (χ4n) is 1.38. The van der Waals surface area contributed by atoms with Gasteiger partial charge in [0.25, 0.3) is 0 Å². The lowest BCUT2D eigenvalue weighted by atomic mass is 10.3. The highest BCUT2D eigenvalue weighted by atomic mass is 32.2. The van der Waals surface area contributed by atoms with Gasteiger partial charge in [0.05, 0.1) is 0 Å². The van der Waals surface area contributed by atoms with Crippen molar-refractivity contribution in [1.29, 1.82) is 0 Å². The summed E-state index contributed by atoms with van der Waals surface area (Å²) >= 11 is 0. The lowest BCUT2D eigenvalue weighted by Gasteiger charge is -2.33. The topological polar surface area (TPSA) is 20.3 Å². The Kier molecular flexibility index (Phi) is 6.60. The van der Waals surface area contributed by atoms with E-state index in [0.717, 1.165) is 18.8 Å². The normalized spacial score (nSPS) is 29.7. The van der Waals surface area contributed by atoms with Crippen molar-refractivity contribution in [1.82, 2.24) is 4.90 Å². The standard InChI is InChI=1S/C8H17NOS.C2H6/c1-7(2)9-4-5-11(10)8(3)6-9;1-2/h7-8H,4-6H2,1-3H3;1-2H3. The molecule has 80 valence electrons. The summed E-state index contributed by atoms with van der Waals surface area (Å²) < 4.78 is 11.2. The van der Waals surface area contributed by atoms with Crippen molar-refractivity contribution in [2.24, 2.45) is 0 Å². The molecule has 0 spiro atoms. The van der Waals surface area contributed by atoms with E-state index in [1.54, 1.807) is 0 Å². The molecular weight excluding hydrogens is 182 g/mol. The van der Waals surface area contributed by atoms with Crippen LogP contribution >= 0.6 is 0 Å². The zero-order chi connectivity index (χ0) is 10.4. The molecule has 0 aliphatic carbocycles. The first kappa shape index (κ1) is 13.1. The molecule has 0 N–H and O–H groups in total. The predicted octanol–water partition coefficient (Wildman–Crippen LogP) is 1.87. The average Bonchev–Trinajstić information content (AvgIpc) is 2.13. The number of hydrogen-bond donors (Lipinski definition) is 0. The van der Waals surface area contributed by atoms with Crippen molar-refractivity contribution in [2.45, 2.75) is 45.9 Å². The van der Waals surface area contributed by atoms with Gasteiger partial charge >= 0.3 is 0 Å². The highest BCUT2D eigenvalue weighted by Gasteiger charge is 2.23. The summed E-state index contributed by atoms with van der Waals surface area (Å²) in [7, 11) is -0.564. The van der Waals surface area contributed by atoms with E-state index in [1.165, 1.54) is 0 Å². The van der Waals surface area contributed by atoms with Crippen LogP contribution in [0.1, 0.15) is 34.6 Å². The van der Waals surface area contributed by atoms with Crippen molar-refractivity contribution >= 4 is 10.8 Å². The predicted molar refractivity (Wildman–Crippen MR) is 60.5 cm³/mol. The summed E-state index contributed by atoms with van der Waals surface area (Å²) in [5, 5.41) is 0.367. The van der Waals surface area contributed by atoms with E-state index < -0.39 is 10.8 Å². The van der Waals surface area contributed by atoms with Crippen LogP contribution in [0.4, 0.5) is 0 Å². The van der Waals surface area contributed by atoms with Gasteiger partial charge in [-0.15, -0.1) is 0 Å². The van der Waals surface area contributed by atoms with E-state index >= 15 is 0 Å². The molecule has 1 heterocycles. The van der Waals surface area contributed by atoms with Gasteiger partial charge in [-0.2, -0.15) is 0 Å². The van der Waals surface area contributed by atoms with E-state index in [9.17, 15) is 4.21 Å². The molecule has 0 aromatic heterocycles. The van der Waals surface area contributed by atoms with Crippen molar-refractivity contribution < 1.29 is 4.21 Å². The first-order chi connectivity index (χ1) is 6.11. The molecule has 0 aromatic carbocycles. The number of hydrogen-bond acceptors (Lipinski definition) is 2. The van der Waals surface area contributed by atoms with Crippen LogP contribution in [0.25, 0.3) is 0 Å². The molecule has 1 fully saturated rings. The van der Waals surface area contributed by atoms with Crippen LogP contribution in [0.2, 0.25) is 0 Å². The molecule has 1 saturated heterocycles. The summed E-state index contributed by atoms with van der Waals surface area (Å²) in [6.07, 6.45) is 0. The van der Waals surface area contributed by atoms with Gasteiger partial charge < -0.3 is 0 Å². The Labute approximate surface area is 85.2 Å². The van der Waals surface area contributed by atoms with Crippen LogP contribution in [-0.2, 0) is 10.8 Å². The molecule has 1 aliphatic rings. The monoisotopic (exact) mass is 205 g/mol. The Bertz CT molecular complexity index is 159. The van der Waals surface area contributed by atoms with Gasteiger partial charge in [-0.1, -0.05) is 13.8 Å². The summed E-state index contributed by atoms with van der Waals surface area (Å²) in [5.74, 6) is 0.860. The second kappa shape index (κ2) is 6.55. The van der Waals surface area contributed by atoms with Gasteiger partial charge in [-0.05, 0) is 20.8 Å². The van der Waals surface area contributed by atoms with Crippen LogP contribution in [-0.4, -0.2) is 39.2 Å². The molecule has 2 atom stereocenters. The third-order valence-electron chi connectivity index (χ3n) is 2.25. The molecule has 0 amide bonds. The average molecular weight is 205 g/mol. The molecule has 1 aliphatic heterocycles. The summed E-state index contributed by atoms with van der Waals surface area (Å²) in [6, 6.07) is 0.606. The number of nitrogens with zero attached hydrogens (tertiary/aromatic N) is 1. The Hall–Kier alpha value is 0.110. The van der Waals surface area contributed by atoms with Crippen molar-refractivity contribution in [2.75, 3.05) is 18.8 Å². The highest BCUT2D eigenvalue weighted by Crippen LogP contribution is 2.10. The maximum atomic E-state index is 11.2. The third-order valence-corrected chi connectivity index (χ3v) is 3.88. The van der Waals surface area contributed by atoms with Crippen LogP contribution in [0.5, 0.6) is 0 Å². The van der Waals surface area contributed by atoms with Crippen LogP contribution in [0.15, 0.2) is 0 Å². The van der Waals surface area contributed by atoms with Crippen molar-refractivity contribution in [3.05, 3.63) is 0 Å². The van der Waals surface area contributed by atoms with Crippen molar-refractivity contribution in [3.63, 3.8) is 0 Å². The lowest BCUT2D eigenvalue weighted by Crippen LogP contribution is -2.45. The first-order valence-electron chi connectivity index (χ1n) is 5.22. The zero-order valence-electron chi connectivity index (χ0n) is 9.54. The molecule has 3 heteroatoms. The van der Waals surface area contributed by atoms with Crippen molar-refractivity contribution in [3.8, 4) is 0 Å². The fraction of sp³-hybridized carbons (Fsp3) is 1.00. The molecule has 2 unspecified atom stereocenters. The maximum Gasteiger partial charge on any atom is 0.0447 e. The SMILES string of the molecule is CC.CC(C)N1CCS(=O)C(C)C1. The molecule has 0 aromatic rings. The quantitative estimate of drug-likeness (QED) is 0.651. The molecule has 0 bridgehead atoms. The summed E-state index contributed by atoms with van der Waals surface area (Å²) in [6.45, 7) is 12.5. The Morgan fingerprint density at radius 3 is 2.31 bits per heavy atom. The molecule has 13 heavy (non-hydrogen) atoms. The van der Waals surface area contributed by atoms with Gasteiger partial charge in [0.1, 0.15) is 0 Å². The van der Waals surface area contributed by atoms with Gasteiger partial charge in [-0.25, -0.2) is 0 Å². The minimum absolute atomic E-state index is 0.367. The van der Waals surface area contributed by atoms with Crippen LogP contribution in [0.3, 0.4) is 0 Å². The van der Waals surface area contributed by atoms with Gasteiger partial charge in [0, 0.05) is 40.9 Å². The Balaban J connectivity index is 0.000000671. The molecular formula is C10H23NOS. The largest absolute Gasteiger partial charge is 0.299 e. The van der Waals surface area contributed by atoms with Gasteiger partial charge in [0.2, 0.25) is 0 Å². The fourth-order valence-corrected chi connectivity index (χ4v) is 2.56. The van der Waals surface area contributed by atoms with E-state index in [4.69, 9.17) is 0 Å². The minimum atomic E-state index is -0.564. The Morgan fingerprint density at radius 1 is 1.38 bits per heavy atom. The molecule has 0 radical (unpaired) electrons. The van der Waals surface area contributed by atoms with Crippen LogP contribution < -0.4 is 0 Å². The molecule has 2 nitrogen and oxygen atoms in total. The van der Waals surface area contributed by atoms with E-state index in [0.29, 0.717) is 11.3 Å². The summed E-state index contributed by atoms with van der Waals surface area (Å²) in [5.41, 5.74) is 0.